The van der Waals surface area contributed by atoms with Crippen molar-refractivity contribution in [1.82, 2.24) is 15.2 Å². The van der Waals surface area contributed by atoms with E-state index in [-0.39, 0.29) is 23.7 Å². The van der Waals surface area contributed by atoms with E-state index in [0.717, 1.165) is 27.3 Å². The predicted molar refractivity (Wildman–Crippen MR) is 116 cm³/mol. The molecule has 2 aliphatic heterocycles. The number of nitrogens with zero attached hydrogens (tertiary/aromatic N) is 2. The number of carbonyl (C=O) groups is 1. The molecule has 0 spiro atoms. The largest absolute Gasteiger partial charge is 0.419 e. The standard InChI is InChI=1S/C22H22N4O4S/c1-26-18-7-12(2-4-19(18)30-22(26)28)20-5-3-15(31-20)8-14(9-23)24-21(27)16-6-13-10-29-11-17(13)25-16/h2-5,7,13-14,16-17,25H,6,8,10-11H2,1H3,(H,24,27)/t13-,14?,16?,17?/m1/s1. The molecule has 3 aromatic rings. The number of oxazole rings is 1. The molecule has 5 rings (SSSR count). The van der Waals surface area contributed by atoms with Crippen LogP contribution in [0.25, 0.3) is 21.5 Å². The van der Waals surface area contributed by atoms with Gasteiger partial charge in [0.2, 0.25) is 5.91 Å². The van der Waals surface area contributed by atoms with Gasteiger partial charge < -0.3 is 19.8 Å². The Labute approximate surface area is 182 Å². The molecule has 0 bridgehead atoms. The molecule has 1 aromatic carbocycles. The molecule has 31 heavy (non-hydrogen) atoms. The molecule has 2 saturated heterocycles. The highest BCUT2D eigenvalue weighted by atomic mass is 32.1. The summed E-state index contributed by atoms with van der Waals surface area (Å²) in [5.74, 6) is -0.133. The molecule has 8 nitrogen and oxygen atoms in total. The van der Waals surface area contributed by atoms with Crippen LogP contribution in [0.2, 0.25) is 0 Å². The Morgan fingerprint density at radius 3 is 3.06 bits per heavy atom. The third-order valence-corrected chi connectivity index (χ3v) is 7.24. The van der Waals surface area contributed by atoms with Gasteiger partial charge in [-0.05, 0) is 42.3 Å². The zero-order valence-corrected chi connectivity index (χ0v) is 17.8. The van der Waals surface area contributed by atoms with Crippen molar-refractivity contribution in [2.75, 3.05) is 13.2 Å². The first-order chi connectivity index (χ1) is 15.0. The highest BCUT2D eigenvalue weighted by Crippen LogP contribution is 2.31. The van der Waals surface area contributed by atoms with E-state index in [1.54, 1.807) is 24.5 Å². The number of fused-ring (bicyclic) bond motifs is 2. The average Bonchev–Trinajstić information content (AvgIpc) is 3.52. The van der Waals surface area contributed by atoms with Crippen molar-refractivity contribution in [3.05, 3.63) is 45.8 Å². The summed E-state index contributed by atoms with van der Waals surface area (Å²) in [6, 6.07) is 11.2. The van der Waals surface area contributed by atoms with Gasteiger partial charge in [0.05, 0.1) is 30.8 Å². The van der Waals surface area contributed by atoms with E-state index in [4.69, 9.17) is 9.15 Å². The number of carbonyl (C=O) groups excluding carboxylic acids is 1. The molecule has 2 aromatic heterocycles. The molecule has 4 atom stereocenters. The number of thiophene rings is 1. The monoisotopic (exact) mass is 438 g/mol. The smallest absolute Gasteiger partial charge is 0.408 e. The van der Waals surface area contributed by atoms with Gasteiger partial charge in [0.15, 0.2) is 5.58 Å². The molecule has 0 saturated carbocycles. The molecule has 3 unspecified atom stereocenters. The van der Waals surface area contributed by atoms with Crippen LogP contribution in [-0.2, 0) is 23.0 Å². The Morgan fingerprint density at radius 1 is 1.39 bits per heavy atom. The van der Waals surface area contributed by atoms with Crippen LogP contribution in [-0.4, -0.2) is 41.8 Å². The number of amides is 1. The van der Waals surface area contributed by atoms with Gasteiger partial charge in [-0.15, -0.1) is 11.3 Å². The minimum absolute atomic E-state index is 0.121. The fourth-order valence-electron chi connectivity index (χ4n) is 4.35. The number of nitrogens with one attached hydrogen (secondary N) is 2. The summed E-state index contributed by atoms with van der Waals surface area (Å²) >= 11 is 1.57. The minimum Gasteiger partial charge on any atom is -0.408 e. The third kappa shape index (κ3) is 3.78. The maximum absolute atomic E-state index is 12.6. The number of ether oxygens (including phenoxy) is 1. The van der Waals surface area contributed by atoms with Gasteiger partial charge in [-0.2, -0.15) is 5.26 Å². The molecule has 9 heteroatoms. The summed E-state index contributed by atoms with van der Waals surface area (Å²) < 4.78 is 12.1. The fourth-order valence-corrected chi connectivity index (χ4v) is 5.40. The molecule has 2 fully saturated rings. The van der Waals surface area contributed by atoms with Crippen LogP contribution in [0.3, 0.4) is 0 Å². The summed E-state index contributed by atoms with van der Waals surface area (Å²) in [5.41, 5.74) is 2.26. The Bertz CT molecular complexity index is 1220. The molecular formula is C22H22N4O4S. The topological polar surface area (TPSA) is 109 Å². The predicted octanol–water partition coefficient (Wildman–Crippen LogP) is 1.79. The van der Waals surface area contributed by atoms with E-state index in [0.29, 0.717) is 31.1 Å². The van der Waals surface area contributed by atoms with E-state index in [1.807, 2.05) is 24.3 Å². The molecule has 4 heterocycles. The van der Waals surface area contributed by atoms with Gasteiger partial charge in [-0.1, -0.05) is 0 Å². The first kappa shape index (κ1) is 20.0. The molecule has 2 N–H and O–H groups in total. The van der Waals surface area contributed by atoms with E-state index in [9.17, 15) is 14.9 Å². The minimum atomic E-state index is -0.588. The van der Waals surface area contributed by atoms with Crippen molar-refractivity contribution >= 4 is 28.3 Å². The van der Waals surface area contributed by atoms with Crippen molar-refractivity contribution in [3.63, 3.8) is 0 Å². The van der Waals surface area contributed by atoms with Gasteiger partial charge in [0, 0.05) is 35.2 Å². The van der Waals surface area contributed by atoms with E-state index in [2.05, 4.69) is 16.7 Å². The van der Waals surface area contributed by atoms with Crippen LogP contribution in [0, 0.1) is 17.2 Å². The lowest BCUT2D eigenvalue weighted by molar-refractivity contribution is -0.123. The Kier molecular flexibility index (Phi) is 5.14. The van der Waals surface area contributed by atoms with Gasteiger partial charge in [-0.3, -0.25) is 9.36 Å². The fraction of sp³-hybridized carbons (Fsp3) is 0.409. The molecule has 0 aliphatic carbocycles. The van der Waals surface area contributed by atoms with Crippen LogP contribution >= 0.6 is 11.3 Å². The van der Waals surface area contributed by atoms with E-state index >= 15 is 0 Å². The number of aryl methyl sites for hydroxylation is 1. The van der Waals surface area contributed by atoms with Crippen molar-refractivity contribution < 1.29 is 13.9 Å². The lowest BCUT2D eigenvalue weighted by Crippen LogP contribution is -2.47. The number of benzene rings is 1. The molecule has 0 radical (unpaired) electrons. The van der Waals surface area contributed by atoms with Crippen molar-refractivity contribution in [3.8, 4) is 16.5 Å². The third-order valence-electron chi connectivity index (χ3n) is 6.08. The number of hydrogen-bond acceptors (Lipinski definition) is 7. The number of rotatable bonds is 5. The first-order valence-electron chi connectivity index (χ1n) is 10.2. The second-order valence-electron chi connectivity index (χ2n) is 8.13. The quantitative estimate of drug-likeness (QED) is 0.629. The Balaban J connectivity index is 1.26. The van der Waals surface area contributed by atoms with Crippen LogP contribution in [0.15, 0.2) is 39.5 Å². The summed E-state index contributed by atoms with van der Waals surface area (Å²) in [7, 11) is 1.68. The number of hydrogen-bond donors (Lipinski definition) is 2. The zero-order valence-electron chi connectivity index (χ0n) is 17.0. The number of aromatic nitrogens is 1. The first-order valence-corrected chi connectivity index (χ1v) is 11.1. The van der Waals surface area contributed by atoms with Crippen molar-refractivity contribution in [1.29, 1.82) is 5.26 Å². The maximum atomic E-state index is 12.6. The second kappa shape index (κ2) is 7.96. The van der Waals surface area contributed by atoms with Crippen molar-refractivity contribution in [2.24, 2.45) is 13.0 Å². The molecule has 1 amide bonds. The number of nitriles is 1. The lowest BCUT2D eigenvalue weighted by atomic mass is 10.0. The summed E-state index contributed by atoms with van der Waals surface area (Å²) in [6.45, 7) is 1.34. The summed E-state index contributed by atoms with van der Waals surface area (Å²) in [5, 5.41) is 15.8. The normalized spacial score (nSPS) is 23.5. The Hall–Kier alpha value is -2.93. The molecular weight excluding hydrogens is 416 g/mol. The van der Waals surface area contributed by atoms with Crippen LogP contribution in [0.1, 0.15) is 11.3 Å². The van der Waals surface area contributed by atoms with Gasteiger partial charge >= 0.3 is 5.76 Å². The second-order valence-corrected chi connectivity index (χ2v) is 9.30. The molecule has 2 aliphatic rings. The van der Waals surface area contributed by atoms with E-state index in [1.165, 1.54) is 4.57 Å². The summed E-state index contributed by atoms with van der Waals surface area (Å²) in [6.07, 6.45) is 1.19. The average molecular weight is 439 g/mol. The molecule has 160 valence electrons. The summed E-state index contributed by atoms with van der Waals surface area (Å²) in [4.78, 5) is 26.4. The van der Waals surface area contributed by atoms with Gasteiger partial charge in [0.25, 0.3) is 0 Å². The Morgan fingerprint density at radius 2 is 2.26 bits per heavy atom. The van der Waals surface area contributed by atoms with Gasteiger partial charge in [0.1, 0.15) is 6.04 Å². The SMILES string of the molecule is Cn1c(=O)oc2ccc(-c3ccc(CC(C#N)NC(=O)C4C[C@@H]5COCC5N4)s3)cc21. The zero-order chi connectivity index (χ0) is 21.5. The maximum Gasteiger partial charge on any atom is 0.419 e. The lowest BCUT2D eigenvalue weighted by Gasteiger charge is -2.16. The van der Waals surface area contributed by atoms with Crippen LogP contribution in [0.5, 0.6) is 0 Å². The highest BCUT2D eigenvalue weighted by Gasteiger charge is 2.40. The van der Waals surface area contributed by atoms with Crippen molar-refractivity contribution in [2.45, 2.75) is 31.0 Å². The highest BCUT2D eigenvalue weighted by molar-refractivity contribution is 7.15. The van der Waals surface area contributed by atoms with Crippen LogP contribution < -0.4 is 16.4 Å². The van der Waals surface area contributed by atoms with Gasteiger partial charge in [-0.25, -0.2) is 4.79 Å². The van der Waals surface area contributed by atoms with Crippen LogP contribution in [0.4, 0.5) is 0 Å². The van der Waals surface area contributed by atoms with E-state index < -0.39 is 6.04 Å².